The Hall–Kier alpha value is -2.24. The van der Waals surface area contributed by atoms with Gasteiger partial charge in [-0.15, -0.1) is 6.58 Å². The first-order valence-corrected chi connectivity index (χ1v) is 10.0. The predicted octanol–water partition coefficient (Wildman–Crippen LogP) is 3.89. The highest BCUT2D eigenvalue weighted by molar-refractivity contribution is 6.30. The lowest BCUT2D eigenvalue weighted by Gasteiger charge is -2.52. The van der Waals surface area contributed by atoms with Crippen LogP contribution in [0.2, 0.25) is 5.15 Å². The molecular formula is C22H23ClN4O. The SMILES string of the molecule is C=CCN1C[C@@H]2[C@H](c3c(Cl)ncnc31)[C@]1(COC2(C)C)N=C1c1ccccc1. The van der Waals surface area contributed by atoms with E-state index in [9.17, 15) is 0 Å². The van der Waals surface area contributed by atoms with Crippen molar-refractivity contribution in [2.45, 2.75) is 30.9 Å². The summed E-state index contributed by atoms with van der Waals surface area (Å²) in [6, 6.07) is 10.3. The average molecular weight is 395 g/mol. The number of fused-ring (bicyclic) bond motifs is 4. The van der Waals surface area contributed by atoms with Crippen molar-refractivity contribution in [3.63, 3.8) is 0 Å². The lowest BCUT2D eigenvalue weighted by atomic mass is 9.64. The third kappa shape index (κ3) is 2.46. The molecule has 1 aromatic carbocycles. The van der Waals surface area contributed by atoms with E-state index in [1.807, 2.05) is 24.3 Å². The minimum atomic E-state index is -0.384. The number of anilines is 1. The summed E-state index contributed by atoms with van der Waals surface area (Å²) in [5, 5.41) is 0.514. The summed E-state index contributed by atoms with van der Waals surface area (Å²) in [6.45, 7) is 10.3. The Kier molecular flexibility index (Phi) is 3.90. The number of hydrogen-bond donors (Lipinski definition) is 0. The second-order valence-corrected chi connectivity index (χ2v) is 8.68. The van der Waals surface area contributed by atoms with Crippen LogP contribution in [-0.4, -0.2) is 46.5 Å². The van der Waals surface area contributed by atoms with Crippen LogP contribution in [0.4, 0.5) is 5.82 Å². The van der Waals surface area contributed by atoms with Crippen LogP contribution in [0.25, 0.3) is 0 Å². The number of nitrogens with zero attached hydrogens (tertiary/aromatic N) is 4. The molecule has 6 heteroatoms. The Morgan fingerprint density at radius 1 is 1.29 bits per heavy atom. The van der Waals surface area contributed by atoms with Crippen LogP contribution in [0.3, 0.4) is 0 Å². The molecule has 0 aliphatic carbocycles. The van der Waals surface area contributed by atoms with Gasteiger partial charge < -0.3 is 9.64 Å². The van der Waals surface area contributed by atoms with E-state index in [1.54, 1.807) is 6.33 Å². The van der Waals surface area contributed by atoms with Gasteiger partial charge in [-0.2, -0.15) is 0 Å². The molecule has 1 aromatic heterocycles. The molecule has 1 spiro atoms. The first-order chi connectivity index (χ1) is 13.5. The monoisotopic (exact) mass is 394 g/mol. The molecule has 5 nitrogen and oxygen atoms in total. The lowest BCUT2D eigenvalue weighted by molar-refractivity contribution is -0.115. The highest BCUT2D eigenvalue weighted by Crippen LogP contribution is 2.59. The van der Waals surface area contributed by atoms with E-state index in [4.69, 9.17) is 21.3 Å². The number of ether oxygens (including phenoxy) is 1. The largest absolute Gasteiger partial charge is 0.372 e. The normalized spacial score (nSPS) is 29.7. The Morgan fingerprint density at radius 3 is 2.82 bits per heavy atom. The summed E-state index contributed by atoms with van der Waals surface area (Å²) in [7, 11) is 0. The van der Waals surface area contributed by atoms with Crippen LogP contribution in [-0.2, 0) is 4.74 Å². The van der Waals surface area contributed by atoms with E-state index in [2.05, 4.69) is 47.4 Å². The second-order valence-electron chi connectivity index (χ2n) is 8.32. The van der Waals surface area contributed by atoms with E-state index in [0.717, 1.165) is 29.2 Å². The Bertz CT molecular complexity index is 974. The summed E-state index contributed by atoms with van der Waals surface area (Å²) >= 11 is 6.67. The molecule has 0 saturated carbocycles. The molecule has 28 heavy (non-hydrogen) atoms. The van der Waals surface area contributed by atoms with E-state index >= 15 is 0 Å². The van der Waals surface area contributed by atoms with Gasteiger partial charge in [-0.3, -0.25) is 4.99 Å². The molecule has 3 aliphatic heterocycles. The van der Waals surface area contributed by atoms with Gasteiger partial charge >= 0.3 is 0 Å². The van der Waals surface area contributed by atoms with Crippen molar-refractivity contribution >= 4 is 23.1 Å². The van der Waals surface area contributed by atoms with E-state index in [-0.39, 0.29) is 23.0 Å². The number of benzene rings is 1. The highest BCUT2D eigenvalue weighted by Gasteiger charge is 2.65. The molecule has 144 valence electrons. The van der Waals surface area contributed by atoms with Crippen molar-refractivity contribution in [2.75, 3.05) is 24.6 Å². The van der Waals surface area contributed by atoms with Gasteiger partial charge in [0, 0.05) is 30.5 Å². The summed E-state index contributed by atoms with van der Waals surface area (Å²) in [5.74, 6) is 1.20. The molecule has 1 fully saturated rings. The number of rotatable bonds is 3. The molecule has 3 aliphatic rings. The number of hydrogen-bond acceptors (Lipinski definition) is 5. The van der Waals surface area contributed by atoms with Crippen LogP contribution < -0.4 is 4.90 Å². The third-order valence-electron chi connectivity index (χ3n) is 6.38. The molecule has 2 aromatic rings. The Balaban J connectivity index is 1.65. The lowest BCUT2D eigenvalue weighted by Crippen LogP contribution is -2.59. The highest BCUT2D eigenvalue weighted by atomic mass is 35.5. The summed E-state index contributed by atoms with van der Waals surface area (Å²) in [6.07, 6.45) is 3.44. The second kappa shape index (κ2) is 6.13. The van der Waals surface area contributed by atoms with Crippen molar-refractivity contribution in [3.8, 4) is 0 Å². The van der Waals surface area contributed by atoms with Gasteiger partial charge in [0.15, 0.2) is 0 Å². The van der Waals surface area contributed by atoms with Crippen molar-refractivity contribution < 1.29 is 4.74 Å². The maximum atomic E-state index is 6.67. The molecule has 3 atom stereocenters. The zero-order chi connectivity index (χ0) is 19.5. The van der Waals surface area contributed by atoms with Crippen LogP contribution in [0.5, 0.6) is 0 Å². The smallest absolute Gasteiger partial charge is 0.138 e. The third-order valence-corrected chi connectivity index (χ3v) is 6.69. The number of aromatic nitrogens is 2. The summed E-state index contributed by atoms with van der Waals surface area (Å²) in [5.41, 5.74) is 2.55. The maximum Gasteiger partial charge on any atom is 0.138 e. The van der Waals surface area contributed by atoms with Crippen LogP contribution in [0.1, 0.15) is 30.9 Å². The molecule has 0 unspecified atom stereocenters. The standard InChI is InChI=1S/C22H23ClN4O/c1-4-10-27-11-15-17(16-19(23)24-13-25-20(16)27)22(12-28-21(15,2)3)18(26-22)14-8-6-5-7-9-14/h4-9,13,15,17H,1,10-12H2,2-3H3/t15-,17-,22+/m1/s1. The van der Waals surface area contributed by atoms with Gasteiger partial charge in [0.25, 0.3) is 0 Å². The van der Waals surface area contributed by atoms with E-state index in [1.165, 1.54) is 0 Å². The van der Waals surface area contributed by atoms with Crippen LogP contribution in [0.15, 0.2) is 54.3 Å². The van der Waals surface area contributed by atoms with Crippen molar-refractivity contribution in [2.24, 2.45) is 10.9 Å². The zero-order valence-corrected chi connectivity index (χ0v) is 16.9. The van der Waals surface area contributed by atoms with Gasteiger partial charge in [-0.25, -0.2) is 9.97 Å². The fourth-order valence-corrected chi connectivity index (χ4v) is 5.16. The van der Waals surface area contributed by atoms with Gasteiger partial charge in [-0.05, 0) is 19.4 Å². The first-order valence-electron chi connectivity index (χ1n) is 9.64. The molecule has 1 saturated heterocycles. The Labute approximate surface area is 170 Å². The molecule has 0 N–H and O–H groups in total. The van der Waals surface area contributed by atoms with E-state index in [0.29, 0.717) is 18.3 Å². The minimum absolute atomic E-state index is 0.0937. The maximum absolute atomic E-state index is 6.67. The topological polar surface area (TPSA) is 50.6 Å². The summed E-state index contributed by atoms with van der Waals surface area (Å²) in [4.78, 5) is 16.2. The van der Waals surface area contributed by atoms with Gasteiger partial charge in [0.1, 0.15) is 22.8 Å². The van der Waals surface area contributed by atoms with Crippen molar-refractivity contribution in [1.29, 1.82) is 0 Å². The number of aliphatic imine (C=N–C) groups is 1. The van der Waals surface area contributed by atoms with Crippen molar-refractivity contribution in [3.05, 3.63) is 65.6 Å². The molecule has 4 heterocycles. The molecule has 5 rings (SSSR count). The first kappa shape index (κ1) is 17.8. The Morgan fingerprint density at radius 2 is 2.07 bits per heavy atom. The van der Waals surface area contributed by atoms with Gasteiger partial charge in [-0.1, -0.05) is 48.0 Å². The van der Waals surface area contributed by atoms with Crippen molar-refractivity contribution in [1.82, 2.24) is 9.97 Å². The molecule has 0 amide bonds. The average Bonchev–Trinajstić information content (AvgIpc) is 3.42. The fraction of sp³-hybridized carbons (Fsp3) is 0.409. The fourth-order valence-electron chi connectivity index (χ4n) is 4.92. The summed E-state index contributed by atoms with van der Waals surface area (Å²) < 4.78 is 6.39. The van der Waals surface area contributed by atoms with Crippen LogP contribution in [0, 0.1) is 5.92 Å². The number of halogens is 1. The molecule has 0 radical (unpaired) electrons. The van der Waals surface area contributed by atoms with Gasteiger partial charge in [0.05, 0.1) is 17.9 Å². The predicted molar refractivity (Wildman–Crippen MR) is 111 cm³/mol. The minimum Gasteiger partial charge on any atom is -0.372 e. The molecule has 0 bridgehead atoms. The van der Waals surface area contributed by atoms with Gasteiger partial charge in [0.2, 0.25) is 0 Å². The quantitative estimate of drug-likeness (QED) is 0.585. The van der Waals surface area contributed by atoms with Crippen LogP contribution >= 0.6 is 11.6 Å². The molecular weight excluding hydrogens is 372 g/mol. The zero-order valence-electron chi connectivity index (χ0n) is 16.1. The van der Waals surface area contributed by atoms with E-state index < -0.39 is 0 Å².